The third-order valence-electron chi connectivity index (χ3n) is 3.47. The molecule has 0 radical (unpaired) electrons. The van der Waals surface area contributed by atoms with Crippen LogP contribution in [0.15, 0.2) is 0 Å². The summed E-state index contributed by atoms with van der Waals surface area (Å²) < 4.78 is 0. The summed E-state index contributed by atoms with van der Waals surface area (Å²) in [6.07, 6.45) is 1.24. The highest BCUT2D eigenvalue weighted by Gasteiger charge is 2.25. The predicted molar refractivity (Wildman–Crippen MR) is 78.5 cm³/mol. The van der Waals surface area contributed by atoms with Crippen LogP contribution in [0.1, 0.15) is 54.9 Å². The molecule has 17 heavy (non-hydrogen) atoms. The van der Waals surface area contributed by atoms with Crippen LogP contribution in [0.25, 0.3) is 0 Å². The number of nitrogens with one attached hydrogen (secondary N) is 1. The van der Waals surface area contributed by atoms with Crippen molar-refractivity contribution in [1.29, 1.82) is 0 Å². The minimum Gasteiger partial charge on any atom is -0.314 e. The van der Waals surface area contributed by atoms with Gasteiger partial charge in [0.05, 0.1) is 0 Å². The van der Waals surface area contributed by atoms with Gasteiger partial charge in [0.15, 0.2) is 0 Å². The van der Waals surface area contributed by atoms with Crippen molar-refractivity contribution in [2.75, 3.05) is 26.2 Å². The smallest absolute Gasteiger partial charge is 0.00474 e. The SMILES string of the molecule is CCN(CC(C)C)CC(C)(CC)CNC(C)C. The van der Waals surface area contributed by atoms with Crippen molar-refractivity contribution >= 4 is 0 Å². The number of hydrogen-bond donors (Lipinski definition) is 1. The van der Waals surface area contributed by atoms with Gasteiger partial charge < -0.3 is 10.2 Å². The average Bonchev–Trinajstić information content (AvgIpc) is 2.25. The van der Waals surface area contributed by atoms with E-state index < -0.39 is 0 Å². The van der Waals surface area contributed by atoms with Crippen LogP contribution in [0.4, 0.5) is 0 Å². The summed E-state index contributed by atoms with van der Waals surface area (Å²) in [5.74, 6) is 0.758. The lowest BCUT2D eigenvalue weighted by molar-refractivity contribution is 0.146. The molecule has 0 aliphatic heterocycles. The van der Waals surface area contributed by atoms with Crippen molar-refractivity contribution in [3.05, 3.63) is 0 Å². The Hall–Kier alpha value is -0.0800. The van der Waals surface area contributed by atoms with E-state index >= 15 is 0 Å². The third-order valence-corrected chi connectivity index (χ3v) is 3.47. The van der Waals surface area contributed by atoms with Gasteiger partial charge in [-0.25, -0.2) is 0 Å². The van der Waals surface area contributed by atoms with Gasteiger partial charge in [0.2, 0.25) is 0 Å². The molecule has 0 bridgehead atoms. The second-order valence-corrected chi connectivity index (χ2v) is 6.42. The van der Waals surface area contributed by atoms with E-state index in [1.165, 1.54) is 19.5 Å². The first-order chi connectivity index (χ1) is 7.83. The maximum absolute atomic E-state index is 3.59. The second-order valence-electron chi connectivity index (χ2n) is 6.42. The lowest BCUT2D eigenvalue weighted by Gasteiger charge is -2.36. The van der Waals surface area contributed by atoms with Crippen molar-refractivity contribution in [2.24, 2.45) is 11.3 Å². The van der Waals surface area contributed by atoms with Crippen LogP contribution in [0.3, 0.4) is 0 Å². The highest BCUT2D eigenvalue weighted by molar-refractivity contribution is 4.80. The van der Waals surface area contributed by atoms with Crippen molar-refractivity contribution < 1.29 is 0 Å². The van der Waals surface area contributed by atoms with Crippen LogP contribution < -0.4 is 5.32 Å². The van der Waals surface area contributed by atoms with Crippen molar-refractivity contribution in [3.8, 4) is 0 Å². The molecular formula is C15H34N2. The van der Waals surface area contributed by atoms with E-state index in [2.05, 4.69) is 58.7 Å². The molecule has 0 heterocycles. The van der Waals surface area contributed by atoms with Gasteiger partial charge in [0.25, 0.3) is 0 Å². The molecule has 1 N–H and O–H groups in total. The van der Waals surface area contributed by atoms with Crippen LogP contribution in [-0.4, -0.2) is 37.1 Å². The van der Waals surface area contributed by atoms with Gasteiger partial charge in [0, 0.05) is 25.7 Å². The van der Waals surface area contributed by atoms with Crippen LogP contribution in [0, 0.1) is 11.3 Å². The molecule has 0 rings (SSSR count). The Labute approximate surface area is 109 Å². The standard InChI is InChI=1S/C15H34N2/c1-8-15(7,11-16-14(5)6)12-17(9-2)10-13(3)4/h13-14,16H,8-12H2,1-7H3. The molecule has 0 spiro atoms. The van der Waals surface area contributed by atoms with Crippen molar-refractivity contribution in [1.82, 2.24) is 10.2 Å². The fraction of sp³-hybridized carbons (Fsp3) is 1.00. The zero-order valence-corrected chi connectivity index (χ0v) is 13.1. The molecule has 0 aliphatic carbocycles. The zero-order chi connectivity index (χ0) is 13.5. The van der Waals surface area contributed by atoms with E-state index in [-0.39, 0.29) is 0 Å². The summed E-state index contributed by atoms with van der Waals surface area (Å²) in [4.78, 5) is 2.59. The molecular weight excluding hydrogens is 208 g/mol. The minimum absolute atomic E-state index is 0.398. The van der Waals surface area contributed by atoms with E-state index in [1.54, 1.807) is 0 Å². The normalized spacial score (nSPS) is 15.9. The zero-order valence-electron chi connectivity index (χ0n) is 13.1. The molecule has 2 nitrogen and oxygen atoms in total. The van der Waals surface area contributed by atoms with Crippen LogP contribution in [-0.2, 0) is 0 Å². The fourth-order valence-corrected chi connectivity index (χ4v) is 2.10. The molecule has 0 saturated heterocycles. The second kappa shape index (κ2) is 8.10. The van der Waals surface area contributed by atoms with Crippen molar-refractivity contribution in [2.45, 2.75) is 60.9 Å². The first-order valence-corrected chi connectivity index (χ1v) is 7.28. The molecule has 0 aromatic rings. The average molecular weight is 242 g/mol. The Kier molecular flexibility index (Phi) is 8.06. The summed E-state index contributed by atoms with van der Waals surface area (Å²) >= 11 is 0. The van der Waals surface area contributed by atoms with E-state index in [0.29, 0.717) is 11.5 Å². The summed E-state index contributed by atoms with van der Waals surface area (Å²) in [5.41, 5.74) is 0.398. The topological polar surface area (TPSA) is 15.3 Å². The Morgan fingerprint density at radius 3 is 2.06 bits per heavy atom. The molecule has 1 unspecified atom stereocenters. The molecule has 2 heteroatoms. The van der Waals surface area contributed by atoms with E-state index in [4.69, 9.17) is 0 Å². The van der Waals surface area contributed by atoms with Gasteiger partial charge in [-0.3, -0.25) is 0 Å². The fourth-order valence-electron chi connectivity index (χ4n) is 2.10. The maximum atomic E-state index is 3.59. The summed E-state index contributed by atoms with van der Waals surface area (Å²) in [6, 6.07) is 0.584. The summed E-state index contributed by atoms with van der Waals surface area (Å²) in [6.45, 7) is 20.8. The molecule has 104 valence electrons. The molecule has 0 fully saturated rings. The van der Waals surface area contributed by atoms with Crippen LogP contribution in [0.5, 0.6) is 0 Å². The number of rotatable bonds is 9. The van der Waals surface area contributed by atoms with Crippen molar-refractivity contribution in [3.63, 3.8) is 0 Å². The number of nitrogens with zero attached hydrogens (tertiary/aromatic N) is 1. The molecule has 0 saturated carbocycles. The highest BCUT2D eigenvalue weighted by Crippen LogP contribution is 2.22. The Bertz CT molecular complexity index is 189. The van der Waals surface area contributed by atoms with E-state index in [9.17, 15) is 0 Å². The lowest BCUT2D eigenvalue weighted by Crippen LogP contribution is -2.44. The largest absolute Gasteiger partial charge is 0.314 e. The lowest BCUT2D eigenvalue weighted by atomic mass is 9.86. The Morgan fingerprint density at radius 1 is 1.12 bits per heavy atom. The minimum atomic E-state index is 0.398. The van der Waals surface area contributed by atoms with Crippen LogP contribution in [0.2, 0.25) is 0 Å². The molecule has 0 aliphatic rings. The van der Waals surface area contributed by atoms with Gasteiger partial charge in [-0.1, -0.05) is 48.5 Å². The van der Waals surface area contributed by atoms with Crippen LogP contribution >= 0.6 is 0 Å². The highest BCUT2D eigenvalue weighted by atomic mass is 15.1. The van der Waals surface area contributed by atoms with Gasteiger partial charge >= 0.3 is 0 Å². The monoisotopic (exact) mass is 242 g/mol. The third kappa shape index (κ3) is 7.77. The van der Waals surface area contributed by atoms with Gasteiger partial charge in [-0.15, -0.1) is 0 Å². The maximum Gasteiger partial charge on any atom is 0.00474 e. The summed E-state index contributed by atoms with van der Waals surface area (Å²) in [7, 11) is 0. The Morgan fingerprint density at radius 2 is 1.71 bits per heavy atom. The summed E-state index contributed by atoms with van der Waals surface area (Å²) in [5, 5.41) is 3.59. The predicted octanol–water partition coefficient (Wildman–Crippen LogP) is 3.38. The van der Waals surface area contributed by atoms with Gasteiger partial charge in [0.1, 0.15) is 0 Å². The number of hydrogen-bond acceptors (Lipinski definition) is 2. The van der Waals surface area contributed by atoms with Gasteiger partial charge in [-0.05, 0) is 24.3 Å². The molecule has 1 atom stereocenters. The Balaban J connectivity index is 4.31. The first-order valence-electron chi connectivity index (χ1n) is 7.28. The quantitative estimate of drug-likeness (QED) is 0.667. The van der Waals surface area contributed by atoms with E-state index in [0.717, 1.165) is 19.0 Å². The molecule has 0 amide bonds. The van der Waals surface area contributed by atoms with Gasteiger partial charge in [-0.2, -0.15) is 0 Å². The van der Waals surface area contributed by atoms with E-state index in [1.807, 2.05) is 0 Å². The molecule has 0 aromatic heterocycles. The first kappa shape index (κ1) is 16.9. The molecule has 0 aromatic carbocycles.